The third kappa shape index (κ3) is 0.977. The fraction of sp³-hybridized carbons (Fsp3) is 0.500. The Morgan fingerprint density at radius 1 is 1.60 bits per heavy atom. The highest BCUT2D eigenvalue weighted by atomic mass is 35.5. The second kappa shape index (κ2) is 2.55. The molecule has 1 aliphatic rings. The maximum absolute atomic E-state index is 6.10. The van der Waals surface area contributed by atoms with Crippen molar-refractivity contribution >= 4 is 22.9 Å². The zero-order valence-electron chi connectivity index (χ0n) is 5.64. The third-order valence-electron chi connectivity index (χ3n) is 1.98. The lowest BCUT2D eigenvalue weighted by atomic mass is 9.99. The van der Waals surface area contributed by atoms with Crippen molar-refractivity contribution in [3.05, 3.63) is 21.9 Å². The summed E-state index contributed by atoms with van der Waals surface area (Å²) in [5.74, 6) is 0. The summed E-state index contributed by atoms with van der Waals surface area (Å²) < 4.78 is 0. The molecule has 2 heteroatoms. The van der Waals surface area contributed by atoms with E-state index in [1.165, 1.54) is 23.3 Å². The van der Waals surface area contributed by atoms with Crippen LogP contribution in [0, 0.1) is 0 Å². The molecule has 1 aromatic rings. The molecule has 0 aromatic carbocycles. The Morgan fingerprint density at radius 3 is 3.30 bits per heavy atom. The summed E-state index contributed by atoms with van der Waals surface area (Å²) in [6.45, 7) is 0. The van der Waals surface area contributed by atoms with E-state index in [9.17, 15) is 0 Å². The van der Waals surface area contributed by atoms with Crippen LogP contribution in [0.5, 0.6) is 0 Å². The smallest absolute Gasteiger partial charge is 0.0596 e. The fourth-order valence-corrected chi connectivity index (χ4v) is 2.84. The van der Waals surface area contributed by atoms with Gasteiger partial charge in [0, 0.05) is 4.88 Å². The first-order chi connectivity index (χ1) is 4.88. The lowest BCUT2D eigenvalue weighted by molar-refractivity contribution is 0.678. The molecule has 1 aliphatic carbocycles. The normalized spacial score (nSPS) is 24.3. The van der Waals surface area contributed by atoms with Gasteiger partial charge in [0.2, 0.25) is 0 Å². The van der Waals surface area contributed by atoms with Gasteiger partial charge in [-0.05, 0) is 36.3 Å². The van der Waals surface area contributed by atoms with Crippen LogP contribution in [0.4, 0.5) is 0 Å². The Bertz CT molecular complexity index is 229. The molecule has 0 amide bonds. The van der Waals surface area contributed by atoms with Crippen molar-refractivity contribution in [2.24, 2.45) is 0 Å². The predicted molar refractivity (Wildman–Crippen MR) is 45.9 cm³/mol. The minimum atomic E-state index is 0.301. The largest absolute Gasteiger partial charge is 0.149 e. The highest BCUT2D eigenvalue weighted by molar-refractivity contribution is 7.10. The average molecular weight is 173 g/mol. The standard InChI is InChI=1S/C8H9ClS/c9-7-2-1-3-8-6(7)4-5-10-8/h4-5,7H,1-3H2. The molecule has 1 unspecified atom stereocenters. The predicted octanol–water partition coefficient (Wildman–Crippen LogP) is 3.36. The van der Waals surface area contributed by atoms with E-state index in [0.717, 1.165) is 6.42 Å². The number of thiophene rings is 1. The SMILES string of the molecule is ClC1CCCc2sccc21. The molecule has 54 valence electrons. The molecular formula is C8H9ClS. The van der Waals surface area contributed by atoms with Crippen LogP contribution in [0.1, 0.15) is 28.7 Å². The molecule has 1 aromatic heterocycles. The lowest BCUT2D eigenvalue weighted by Gasteiger charge is -2.15. The molecule has 1 heterocycles. The molecule has 0 nitrogen and oxygen atoms in total. The van der Waals surface area contributed by atoms with Crippen molar-refractivity contribution in [3.63, 3.8) is 0 Å². The highest BCUT2D eigenvalue weighted by Crippen LogP contribution is 2.36. The van der Waals surface area contributed by atoms with E-state index in [0.29, 0.717) is 5.38 Å². The number of aryl methyl sites for hydroxylation is 1. The van der Waals surface area contributed by atoms with E-state index in [2.05, 4.69) is 11.4 Å². The van der Waals surface area contributed by atoms with Gasteiger partial charge >= 0.3 is 0 Å². The van der Waals surface area contributed by atoms with Gasteiger partial charge in [-0.15, -0.1) is 22.9 Å². The van der Waals surface area contributed by atoms with E-state index >= 15 is 0 Å². The van der Waals surface area contributed by atoms with Crippen molar-refractivity contribution in [1.82, 2.24) is 0 Å². The number of hydrogen-bond acceptors (Lipinski definition) is 1. The molecule has 0 bridgehead atoms. The number of hydrogen-bond donors (Lipinski definition) is 0. The number of alkyl halides is 1. The monoisotopic (exact) mass is 172 g/mol. The van der Waals surface area contributed by atoms with Gasteiger partial charge in [0.15, 0.2) is 0 Å². The molecular weight excluding hydrogens is 164 g/mol. The quantitative estimate of drug-likeness (QED) is 0.527. The van der Waals surface area contributed by atoms with Crippen LogP contribution < -0.4 is 0 Å². The Morgan fingerprint density at radius 2 is 2.50 bits per heavy atom. The van der Waals surface area contributed by atoms with E-state index in [1.807, 2.05) is 11.3 Å². The molecule has 0 radical (unpaired) electrons. The molecule has 10 heavy (non-hydrogen) atoms. The van der Waals surface area contributed by atoms with Crippen molar-refractivity contribution in [2.45, 2.75) is 24.6 Å². The first-order valence-corrected chi connectivity index (χ1v) is 4.90. The van der Waals surface area contributed by atoms with Gasteiger partial charge in [-0.25, -0.2) is 0 Å². The Labute approximate surface area is 69.8 Å². The van der Waals surface area contributed by atoms with E-state index in [4.69, 9.17) is 11.6 Å². The van der Waals surface area contributed by atoms with Gasteiger partial charge in [-0.3, -0.25) is 0 Å². The maximum atomic E-state index is 6.10. The summed E-state index contributed by atoms with van der Waals surface area (Å²) in [5.41, 5.74) is 1.39. The molecule has 0 N–H and O–H groups in total. The van der Waals surface area contributed by atoms with Crippen LogP contribution in [0.3, 0.4) is 0 Å². The summed E-state index contributed by atoms with van der Waals surface area (Å²) in [6, 6.07) is 2.16. The van der Waals surface area contributed by atoms with Crippen LogP contribution >= 0.6 is 22.9 Å². The Balaban J connectivity index is 2.41. The number of halogens is 1. The summed E-state index contributed by atoms with van der Waals surface area (Å²) >= 11 is 7.94. The number of rotatable bonds is 0. The van der Waals surface area contributed by atoms with Crippen molar-refractivity contribution < 1.29 is 0 Å². The summed E-state index contributed by atoms with van der Waals surface area (Å²) in [5, 5.41) is 2.45. The molecule has 0 saturated carbocycles. The van der Waals surface area contributed by atoms with Crippen LogP contribution in [-0.4, -0.2) is 0 Å². The Kier molecular flexibility index (Phi) is 1.71. The first kappa shape index (κ1) is 6.68. The molecule has 0 fully saturated rings. The lowest BCUT2D eigenvalue weighted by Crippen LogP contribution is -2.00. The molecule has 1 atom stereocenters. The first-order valence-electron chi connectivity index (χ1n) is 3.58. The molecule has 0 aliphatic heterocycles. The second-order valence-corrected chi connectivity index (χ2v) is 4.19. The highest BCUT2D eigenvalue weighted by Gasteiger charge is 2.17. The summed E-state index contributed by atoms with van der Waals surface area (Å²) in [7, 11) is 0. The average Bonchev–Trinajstić information content (AvgIpc) is 2.36. The second-order valence-electron chi connectivity index (χ2n) is 2.66. The van der Waals surface area contributed by atoms with Crippen molar-refractivity contribution in [2.75, 3.05) is 0 Å². The van der Waals surface area contributed by atoms with Gasteiger partial charge < -0.3 is 0 Å². The number of fused-ring (bicyclic) bond motifs is 1. The minimum Gasteiger partial charge on any atom is -0.149 e. The third-order valence-corrected chi connectivity index (χ3v) is 3.43. The van der Waals surface area contributed by atoms with Gasteiger partial charge in [-0.2, -0.15) is 0 Å². The van der Waals surface area contributed by atoms with Gasteiger partial charge in [0.1, 0.15) is 0 Å². The zero-order chi connectivity index (χ0) is 6.97. The van der Waals surface area contributed by atoms with Crippen molar-refractivity contribution in [3.8, 4) is 0 Å². The van der Waals surface area contributed by atoms with Gasteiger partial charge in [0.25, 0.3) is 0 Å². The van der Waals surface area contributed by atoms with Gasteiger partial charge in [0.05, 0.1) is 5.38 Å². The van der Waals surface area contributed by atoms with Crippen LogP contribution in [0.25, 0.3) is 0 Å². The fourth-order valence-electron chi connectivity index (χ4n) is 1.43. The molecule has 0 saturated heterocycles. The molecule has 2 rings (SSSR count). The van der Waals surface area contributed by atoms with Crippen molar-refractivity contribution in [1.29, 1.82) is 0 Å². The maximum Gasteiger partial charge on any atom is 0.0596 e. The Hall–Kier alpha value is -0.0100. The minimum absolute atomic E-state index is 0.301. The van der Waals surface area contributed by atoms with Crippen LogP contribution in [-0.2, 0) is 6.42 Å². The van der Waals surface area contributed by atoms with Gasteiger partial charge in [-0.1, -0.05) is 0 Å². The summed E-state index contributed by atoms with van der Waals surface area (Å²) in [4.78, 5) is 1.51. The van der Waals surface area contributed by atoms with E-state index < -0.39 is 0 Å². The topological polar surface area (TPSA) is 0 Å². The van der Waals surface area contributed by atoms with E-state index in [-0.39, 0.29) is 0 Å². The van der Waals surface area contributed by atoms with Crippen LogP contribution in [0.2, 0.25) is 0 Å². The summed E-state index contributed by atoms with van der Waals surface area (Å²) in [6.07, 6.45) is 3.67. The van der Waals surface area contributed by atoms with E-state index in [1.54, 1.807) is 0 Å². The zero-order valence-corrected chi connectivity index (χ0v) is 7.21. The molecule has 0 spiro atoms. The van der Waals surface area contributed by atoms with Crippen LogP contribution in [0.15, 0.2) is 11.4 Å².